The number of pyridine rings is 2. The summed E-state index contributed by atoms with van der Waals surface area (Å²) in [5, 5.41) is 6.96. The molecule has 2 saturated carbocycles. The summed E-state index contributed by atoms with van der Waals surface area (Å²) in [7, 11) is 0. The number of imidazole rings is 1. The van der Waals surface area contributed by atoms with Crippen molar-refractivity contribution < 1.29 is 13.2 Å². The maximum absolute atomic E-state index is 13.6. The van der Waals surface area contributed by atoms with E-state index in [0.29, 0.717) is 33.9 Å². The number of hydrogen-bond donors (Lipinski definition) is 2. The van der Waals surface area contributed by atoms with Gasteiger partial charge in [-0.25, -0.2) is 9.97 Å². The highest BCUT2D eigenvalue weighted by atomic mass is 19.4. The molecule has 3 aromatic heterocycles. The normalized spacial score (nSPS) is 23.4. The third-order valence-corrected chi connectivity index (χ3v) is 7.52. The van der Waals surface area contributed by atoms with Crippen molar-refractivity contribution in [1.29, 1.82) is 0 Å². The van der Waals surface area contributed by atoms with E-state index in [-0.39, 0.29) is 12.8 Å². The van der Waals surface area contributed by atoms with Crippen molar-refractivity contribution in [2.75, 3.05) is 25.0 Å². The lowest BCUT2D eigenvalue weighted by Crippen LogP contribution is -2.28. The van der Waals surface area contributed by atoms with Gasteiger partial charge in [0.2, 0.25) is 0 Å². The molecule has 0 amide bonds. The average Bonchev–Trinajstić information content (AvgIpc) is 3.63. The highest BCUT2D eigenvalue weighted by Crippen LogP contribution is 2.59. The first-order valence-corrected chi connectivity index (χ1v) is 10.9. The van der Waals surface area contributed by atoms with Crippen molar-refractivity contribution >= 4 is 11.5 Å². The first kappa shape index (κ1) is 19.1. The van der Waals surface area contributed by atoms with Gasteiger partial charge in [-0.3, -0.25) is 4.40 Å². The number of alkyl halides is 3. The number of rotatable bonds is 5. The fourth-order valence-electron chi connectivity index (χ4n) is 5.11. The molecular weight excluding hydrogens is 403 g/mol. The number of aromatic nitrogens is 3. The van der Waals surface area contributed by atoms with Gasteiger partial charge in [0.1, 0.15) is 11.5 Å². The first-order chi connectivity index (χ1) is 14.9. The summed E-state index contributed by atoms with van der Waals surface area (Å²) in [6.45, 7) is 3.01. The number of halogens is 3. The molecular formula is C23H24F3N5. The van der Waals surface area contributed by atoms with Crippen LogP contribution in [0, 0.1) is 11.3 Å². The zero-order chi connectivity index (χ0) is 21.3. The second kappa shape index (κ2) is 6.45. The van der Waals surface area contributed by atoms with Crippen LogP contribution >= 0.6 is 0 Å². The van der Waals surface area contributed by atoms with Crippen LogP contribution in [-0.4, -0.2) is 40.2 Å². The van der Waals surface area contributed by atoms with Crippen molar-refractivity contribution in [3.8, 4) is 11.4 Å². The van der Waals surface area contributed by atoms with E-state index >= 15 is 0 Å². The molecule has 1 atom stereocenters. The molecule has 5 nitrogen and oxygen atoms in total. The molecule has 0 bridgehead atoms. The number of nitrogens with one attached hydrogen (secondary N) is 2. The van der Waals surface area contributed by atoms with Crippen molar-refractivity contribution in [2.45, 2.75) is 37.3 Å². The molecule has 4 heterocycles. The Morgan fingerprint density at radius 1 is 1.13 bits per heavy atom. The molecule has 0 radical (unpaired) electrons. The van der Waals surface area contributed by atoms with E-state index in [1.807, 2.05) is 18.2 Å². The Kier molecular flexibility index (Phi) is 3.97. The summed E-state index contributed by atoms with van der Waals surface area (Å²) >= 11 is 0. The van der Waals surface area contributed by atoms with Crippen molar-refractivity contribution in [1.82, 2.24) is 19.7 Å². The molecule has 8 heteroatoms. The Balaban J connectivity index is 1.29. The van der Waals surface area contributed by atoms with Crippen molar-refractivity contribution in [2.24, 2.45) is 11.3 Å². The van der Waals surface area contributed by atoms with Gasteiger partial charge in [-0.2, -0.15) is 13.2 Å². The van der Waals surface area contributed by atoms with Gasteiger partial charge in [0.25, 0.3) is 0 Å². The maximum atomic E-state index is 13.6. The summed E-state index contributed by atoms with van der Waals surface area (Å²) in [6.07, 6.45) is 1.89. The molecule has 3 aromatic rings. The Morgan fingerprint density at radius 3 is 2.71 bits per heavy atom. The van der Waals surface area contributed by atoms with E-state index in [2.05, 4.69) is 15.6 Å². The van der Waals surface area contributed by atoms with Crippen LogP contribution in [0.5, 0.6) is 0 Å². The first-order valence-electron chi connectivity index (χ1n) is 10.9. The maximum Gasteiger partial charge on any atom is 0.398 e. The standard InChI is InChI=1S/C23H24F3N5/c24-23(25,26)22(8-9-22)15-4-5-20-29-12-18(31(20)13-15)17-2-1-3-19(30-17)28-11-16-10-27-14-21(16)6-7-21/h1-5,12-13,16,27H,6-11,14H2,(H,28,30)/t16-/m1/s1. The molecule has 162 valence electrons. The zero-order valence-electron chi connectivity index (χ0n) is 17.0. The summed E-state index contributed by atoms with van der Waals surface area (Å²) in [5.41, 5.74) is 1.05. The molecule has 2 N–H and O–H groups in total. The quantitative estimate of drug-likeness (QED) is 0.634. The lowest BCUT2D eigenvalue weighted by molar-refractivity contribution is -0.160. The Labute approximate surface area is 178 Å². The van der Waals surface area contributed by atoms with E-state index in [9.17, 15) is 13.2 Å². The largest absolute Gasteiger partial charge is 0.398 e. The topological polar surface area (TPSA) is 54.2 Å². The second-order valence-corrected chi connectivity index (χ2v) is 9.35. The SMILES string of the molecule is FC(F)(F)C1(c2ccc3ncc(-c4cccc(NC[C@H]5CNCC56CC6)n4)n3c2)CC1. The van der Waals surface area contributed by atoms with Crippen LogP contribution in [-0.2, 0) is 5.41 Å². The van der Waals surface area contributed by atoms with Crippen LogP contribution in [0.1, 0.15) is 31.2 Å². The van der Waals surface area contributed by atoms with Gasteiger partial charge >= 0.3 is 6.18 Å². The number of nitrogens with zero attached hydrogens (tertiary/aromatic N) is 3. The minimum Gasteiger partial charge on any atom is -0.370 e. The second-order valence-electron chi connectivity index (χ2n) is 9.35. The third-order valence-electron chi connectivity index (χ3n) is 7.52. The molecule has 1 aliphatic heterocycles. The summed E-state index contributed by atoms with van der Waals surface area (Å²) in [4.78, 5) is 9.12. The number of fused-ring (bicyclic) bond motifs is 1. The Morgan fingerprint density at radius 2 is 1.97 bits per heavy atom. The highest BCUT2D eigenvalue weighted by Gasteiger charge is 2.64. The molecule has 31 heavy (non-hydrogen) atoms. The van der Waals surface area contributed by atoms with Crippen LogP contribution in [0.25, 0.3) is 17.0 Å². The van der Waals surface area contributed by atoms with E-state index in [1.165, 1.54) is 12.8 Å². The van der Waals surface area contributed by atoms with Crippen LogP contribution in [0.2, 0.25) is 0 Å². The number of hydrogen-bond acceptors (Lipinski definition) is 4. The molecule has 0 aromatic carbocycles. The van der Waals surface area contributed by atoms with Gasteiger partial charge in [0.05, 0.1) is 23.0 Å². The van der Waals surface area contributed by atoms with Gasteiger partial charge in [0.15, 0.2) is 0 Å². The van der Waals surface area contributed by atoms with Crippen LogP contribution in [0.15, 0.2) is 42.7 Å². The highest BCUT2D eigenvalue weighted by molar-refractivity contribution is 5.62. The molecule has 1 saturated heterocycles. The van der Waals surface area contributed by atoms with Crippen molar-refractivity contribution in [3.05, 3.63) is 48.3 Å². The summed E-state index contributed by atoms with van der Waals surface area (Å²) in [5.74, 6) is 1.38. The molecule has 6 rings (SSSR count). The molecule has 2 aliphatic carbocycles. The van der Waals surface area contributed by atoms with E-state index < -0.39 is 11.6 Å². The van der Waals surface area contributed by atoms with Gasteiger partial charge in [-0.05, 0) is 60.8 Å². The molecule has 3 fully saturated rings. The van der Waals surface area contributed by atoms with E-state index in [1.54, 1.807) is 28.9 Å². The van der Waals surface area contributed by atoms with Gasteiger partial charge in [-0.1, -0.05) is 12.1 Å². The Hall–Kier alpha value is -2.61. The van der Waals surface area contributed by atoms with Gasteiger partial charge < -0.3 is 10.6 Å². The van der Waals surface area contributed by atoms with Crippen LogP contribution < -0.4 is 10.6 Å². The summed E-state index contributed by atoms with van der Waals surface area (Å²) in [6, 6.07) is 8.95. The molecule has 0 unspecified atom stereocenters. The average molecular weight is 427 g/mol. The monoisotopic (exact) mass is 427 g/mol. The minimum atomic E-state index is -4.24. The van der Waals surface area contributed by atoms with Crippen LogP contribution in [0.3, 0.4) is 0 Å². The van der Waals surface area contributed by atoms with Crippen LogP contribution in [0.4, 0.5) is 19.0 Å². The minimum absolute atomic E-state index is 0.140. The molecule has 1 spiro atoms. The van der Waals surface area contributed by atoms with E-state index in [4.69, 9.17) is 4.98 Å². The zero-order valence-corrected chi connectivity index (χ0v) is 17.0. The smallest absolute Gasteiger partial charge is 0.370 e. The summed E-state index contributed by atoms with van der Waals surface area (Å²) < 4.78 is 42.5. The van der Waals surface area contributed by atoms with Gasteiger partial charge in [0, 0.05) is 25.8 Å². The third kappa shape index (κ3) is 3.03. The fraction of sp³-hybridized carbons (Fsp3) is 0.478. The van der Waals surface area contributed by atoms with E-state index in [0.717, 1.165) is 25.5 Å². The molecule has 3 aliphatic rings. The van der Waals surface area contributed by atoms with Crippen molar-refractivity contribution in [3.63, 3.8) is 0 Å². The predicted molar refractivity (Wildman–Crippen MR) is 112 cm³/mol. The number of anilines is 1. The fourth-order valence-corrected chi connectivity index (χ4v) is 5.11. The lowest BCUT2D eigenvalue weighted by atomic mass is 9.93. The lowest BCUT2D eigenvalue weighted by Gasteiger charge is -2.20. The predicted octanol–water partition coefficient (Wildman–Crippen LogP) is 4.40. The van der Waals surface area contributed by atoms with Gasteiger partial charge in [-0.15, -0.1) is 0 Å². The Bertz CT molecular complexity index is 1140.